The van der Waals surface area contributed by atoms with Crippen molar-refractivity contribution < 1.29 is 23.1 Å². The first kappa shape index (κ1) is 25.7. The topological polar surface area (TPSA) is 111 Å². The van der Waals surface area contributed by atoms with Gasteiger partial charge in [0.05, 0.1) is 36.8 Å². The van der Waals surface area contributed by atoms with Crippen LogP contribution in [0.4, 0.5) is 8.78 Å². The molecular formula is C25H30F2N6O3. The molecule has 0 spiro atoms. The minimum absolute atomic E-state index is 0.288. The Morgan fingerprint density at radius 3 is 2.97 bits per heavy atom. The fourth-order valence-electron chi connectivity index (χ4n) is 4.63. The lowest BCUT2D eigenvalue weighted by Crippen LogP contribution is -2.50. The number of aromatic nitrogens is 1. The van der Waals surface area contributed by atoms with Gasteiger partial charge in [0.2, 0.25) is 5.91 Å². The smallest absolute Gasteiger partial charge is 0.268 e. The first-order chi connectivity index (χ1) is 17.3. The predicted molar refractivity (Wildman–Crippen MR) is 129 cm³/mol. The highest BCUT2D eigenvalue weighted by Gasteiger charge is 2.47. The average molecular weight is 501 g/mol. The highest BCUT2D eigenvalue weighted by atomic mass is 19.3. The van der Waals surface area contributed by atoms with Crippen molar-refractivity contribution in [1.82, 2.24) is 25.4 Å². The Balaban J connectivity index is 1.36. The van der Waals surface area contributed by atoms with Gasteiger partial charge in [-0.25, -0.2) is 8.78 Å². The summed E-state index contributed by atoms with van der Waals surface area (Å²) in [6.07, 6.45) is 1.65. The van der Waals surface area contributed by atoms with Gasteiger partial charge in [0.25, 0.3) is 11.8 Å². The summed E-state index contributed by atoms with van der Waals surface area (Å²) in [4.78, 5) is 32.8. The number of rotatable bonds is 8. The van der Waals surface area contributed by atoms with E-state index >= 15 is 0 Å². The summed E-state index contributed by atoms with van der Waals surface area (Å²) in [6.45, 7) is 5.34. The summed E-state index contributed by atoms with van der Waals surface area (Å²) in [6, 6.07) is 7.83. The number of amides is 2. The number of hydrogen-bond acceptors (Lipinski definition) is 7. The van der Waals surface area contributed by atoms with Crippen LogP contribution >= 0.6 is 0 Å². The monoisotopic (exact) mass is 500 g/mol. The van der Waals surface area contributed by atoms with Crippen LogP contribution in [-0.4, -0.2) is 90.5 Å². The van der Waals surface area contributed by atoms with E-state index in [4.69, 9.17) is 10.00 Å². The van der Waals surface area contributed by atoms with Gasteiger partial charge in [-0.15, -0.1) is 0 Å². The van der Waals surface area contributed by atoms with E-state index in [9.17, 15) is 18.4 Å². The Morgan fingerprint density at radius 1 is 1.36 bits per heavy atom. The number of hydrogen-bond donors (Lipinski definition) is 2. The van der Waals surface area contributed by atoms with Crippen molar-refractivity contribution in [3.8, 4) is 11.8 Å². The molecule has 2 aliphatic heterocycles. The number of ether oxygens (including phenoxy) is 1. The number of nitrogens with one attached hydrogen (secondary N) is 2. The lowest BCUT2D eigenvalue weighted by molar-refractivity contribution is -0.131. The van der Waals surface area contributed by atoms with Gasteiger partial charge >= 0.3 is 0 Å². The minimum Gasteiger partial charge on any atom is -0.494 e. The Kier molecular flexibility index (Phi) is 7.96. The molecule has 0 bridgehead atoms. The Morgan fingerprint density at radius 2 is 2.19 bits per heavy atom. The van der Waals surface area contributed by atoms with Crippen molar-refractivity contribution in [2.75, 3.05) is 45.9 Å². The van der Waals surface area contributed by atoms with E-state index in [0.29, 0.717) is 29.3 Å². The second-order valence-electron chi connectivity index (χ2n) is 9.24. The molecule has 2 aromatic rings. The molecule has 2 N–H and O–H groups in total. The van der Waals surface area contributed by atoms with Crippen LogP contribution in [0.1, 0.15) is 30.1 Å². The molecule has 4 rings (SSSR count). The molecule has 1 aromatic heterocycles. The number of carbonyl (C=O) groups is 2. The first-order valence-corrected chi connectivity index (χ1v) is 12.1. The molecule has 0 saturated carbocycles. The van der Waals surface area contributed by atoms with E-state index in [0.717, 1.165) is 37.5 Å². The highest BCUT2D eigenvalue weighted by molar-refractivity contribution is 6.07. The standard InChI is InChI=1S/C25H30F2N6O3/c1-17-14-29-7-9-32(17)8-2-10-36-19-3-4-22-21(11-19)20(5-6-30-22)24(35)31-15-23(34)33-16-25(26,27)12-18(33)13-28/h3-6,11,17-18,29H,2,7-10,12,14-16H2,1H3,(H,31,35)/t17-,18+/m1/s1. The number of halogens is 2. The van der Waals surface area contributed by atoms with Gasteiger partial charge in [0, 0.05) is 50.2 Å². The van der Waals surface area contributed by atoms with Crippen LogP contribution in [0.15, 0.2) is 30.5 Å². The van der Waals surface area contributed by atoms with Crippen molar-refractivity contribution in [2.45, 2.75) is 37.8 Å². The Hall–Kier alpha value is -3.36. The third-order valence-electron chi connectivity index (χ3n) is 6.59. The van der Waals surface area contributed by atoms with Crippen LogP contribution in [0, 0.1) is 11.3 Å². The molecule has 0 aliphatic carbocycles. The molecule has 2 amide bonds. The Bertz CT molecular complexity index is 1150. The van der Waals surface area contributed by atoms with E-state index in [1.165, 1.54) is 12.3 Å². The maximum Gasteiger partial charge on any atom is 0.268 e. The van der Waals surface area contributed by atoms with Gasteiger partial charge in [-0.2, -0.15) is 5.26 Å². The third-order valence-corrected chi connectivity index (χ3v) is 6.59. The second kappa shape index (κ2) is 11.1. The summed E-state index contributed by atoms with van der Waals surface area (Å²) in [7, 11) is 0. The number of alkyl halides is 2. The van der Waals surface area contributed by atoms with Crippen LogP contribution in [0.5, 0.6) is 5.75 Å². The third kappa shape index (κ3) is 6.06. The second-order valence-corrected chi connectivity index (χ2v) is 9.24. The number of fused-ring (bicyclic) bond motifs is 1. The number of carbonyl (C=O) groups excluding carboxylic acids is 2. The molecule has 0 unspecified atom stereocenters. The van der Waals surface area contributed by atoms with Crippen molar-refractivity contribution >= 4 is 22.7 Å². The molecule has 2 atom stereocenters. The maximum atomic E-state index is 13.6. The summed E-state index contributed by atoms with van der Waals surface area (Å²) in [5, 5.41) is 15.5. The predicted octanol–water partition coefficient (Wildman–Crippen LogP) is 1.79. The number of nitriles is 1. The molecule has 3 heterocycles. The number of pyridine rings is 1. The molecule has 11 heteroatoms. The highest BCUT2D eigenvalue weighted by Crippen LogP contribution is 2.31. The number of likely N-dealkylation sites (tertiary alicyclic amines) is 1. The van der Waals surface area contributed by atoms with Crippen molar-refractivity contribution in [2.24, 2.45) is 0 Å². The van der Waals surface area contributed by atoms with Crippen molar-refractivity contribution in [1.29, 1.82) is 5.26 Å². The maximum absolute atomic E-state index is 13.6. The number of nitrogens with zero attached hydrogens (tertiary/aromatic N) is 4. The zero-order chi connectivity index (χ0) is 25.7. The van der Waals surface area contributed by atoms with Crippen molar-refractivity contribution in [3.63, 3.8) is 0 Å². The van der Waals surface area contributed by atoms with Crippen LogP contribution < -0.4 is 15.4 Å². The molecule has 1 aromatic carbocycles. The molecule has 2 saturated heterocycles. The lowest BCUT2D eigenvalue weighted by atomic mass is 10.1. The molecule has 0 radical (unpaired) electrons. The average Bonchev–Trinajstić information content (AvgIpc) is 3.20. The van der Waals surface area contributed by atoms with Gasteiger partial charge < -0.3 is 20.3 Å². The molecular weight excluding hydrogens is 470 g/mol. The molecule has 2 aliphatic rings. The van der Waals surface area contributed by atoms with Crippen molar-refractivity contribution in [3.05, 3.63) is 36.0 Å². The number of benzene rings is 1. The van der Waals surface area contributed by atoms with Gasteiger partial charge in [-0.05, 0) is 37.6 Å². The largest absolute Gasteiger partial charge is 0.494 e. The summed E-state index contributed by atoms with van der Waals surface area (Å²) < 4.78 is 33.2. The lowest BCUT2D eigenvalue weighted by Gasteiger charge is -2.33. The van der Waals surface area contributed by atoms with Gasteiger partial charge in [-0.3, -0.25) is 19.5 Å². The zero-order valence-electron chi connectivity index (χ0n) is 20.2. The zero-order valence-corrected chi connectivity index (χ0v) is 20.2. The van der Waals surface area contributed by atoms with Gasteiger partial charge in [0.1, 0.15) is 11.8 Å². The van der Waals surface area contributed by atoms with Crippen LogP contribution in [0.2, 0.25) is 0 Å². The van der Waals surface area contributed by atoms with E-state index in [1.54, 1.807) is 24.3 Å². The fourth-order valence-corrected chi connectivity index (χ4v) is 4.63. The summed E-state index contributed by atoms with van der Waals surface area (Å²) in [5.41, 5.74) is 0.871. The molecule has 36 heavy (non-hydrogen) atoms. The van der Waals surface area contributed by atoms with E-state index < -0.39 is 43.3 Å². The molecule has 9 nitrogen and oxygen atoms in total. The SMILES string of the molecule is C[C@@H]1CNCCN1CCCOc1ccc2nccc(C(=O)NCC(=O)N3CC(F)(F)C[C@H]3C#N)c2c1. The van der Waals surface area contributed by atoms with Crippen LogP contribution in [-0.2, 0) is 4.79 Å². The summed E-state index contributed by atoms with van der Waals surface area (Å²) >= 11 is 0. The quantitative estimate of drug-likeness (QED) is 0.532. The normalized spacial score (nSPS) is 21.8. The van der Waals surface area contributed by atoms with Crippen LogP contribution in [0.3, 0.4) is 0 Å². The fraction of sp³-hybridized carbons (Fsp3) is 0.520. The summed E-state index contributed by atoms with van der Waals surface area (Å²) in [5.74, 6) is -3.78. The molecule has 192 valence electrons. The van der Waals surface area contributed by atoms with Crippen LogP contribution in [0.25, 0.3) is 10.9 Å². The van der Waals surface area contributed by atoms with E-state index in [-0.39, 0.29) is 5.56 Å². The van der Waals surface area contributed by atoms with Gasteiger partial charge in [0.15, 0.2) is 0 Å². The minimum atomic E-state index is -3.11. The van der Waals surface area contributed by atoms with E-state index in [1.807, 2.05) is 0 Å². The Labute approximate surface area is 208 Å². The van der Waals surface area contributed by atoms with E-state index in [2.05, 4.69) is 27.4 Å². The molecule has 2 fully saturated rings. The number of piperazine rings is 1. The van der Waals surface area contributed by atoms with Gasteiger partial charge in [-0.1, -0.05) is 0 Å². The first-order valence-electron chi connectivity index (χ1n) is 12.1.